The van der Waals surface area contributed by atoms with Gasteiger partial charge in [0, 0.05) is 30.9 Å². The van der Waals surface area contributed by atoms with Gasteiger partial charge in [-0.2, -0.15) is 0 Å². The zero-order chi connectivity index (χ0) is 13.7. The number of anilines is 1. The molecule has 0 bridgehead atoms. The Morgan fingerprint density at radius 1 is 1.26 bits per heavy atom. The predicted molar refractivity (Wildman–Crippen MR) is 76.9 cm³/mol. The molecule has 0 unspecified atom stereocenters. The second-order valence-corrected chi connectivity index (χ2v) is 5.14. The molecule has 0 radical (unpaired) electrons. The molecule has 1 aromatic rings. The van der Waals surface area contributed by atoms with E-state index in [1.165, 1.54) is 0 Å². The summed E-state index contributed by atoms with van der Waals surface area (Å²) in [5.74, 6) is 0.620. The van der Waals surface area contributed by atoms with E-state index in [4.69, 9.17) is 16.3 Å². The number of nitrogens with one attached hydrogen (secondary N) is 1. The van der Waals surface area contributed by atoms with E-state index in [2.05, 4.69) is 20.2 Å². The molecule has 0 atom stereocenters. The molecule has 1 N–H and O–H groups in total. The fourth-order valence-corrected chi connectivity index (χ4v) is 2.22. The number of aryl methyl sites for hydroxylation is 1. The Balaban J connectivity index is 1.73. The van der Waals surface area contributed by atoms with E-state index in [1.54, 1.807) is 0 Å². The van der Waals surface area contributed by atoms with Crippen LogP contribution in [0.1, 0.15) is 17.7 Å². The summed E-state index contributed by atoms with van der Waals surface area (Å²) in [6.07, 6.45) is 1.06. The third-order valence-electron chi connectivity index (χ3n) is 3.37. The maximum absolute atomic E-state index is 6.04. The minimum absolute atomic E-state index is 0.531. The molecule has 1 aliphatic rings. The Morgan fingerprint density at radius 2 is 2.00 bits per heavy atom. The van der Waals surface area contributed by atoms with Crippen LogP contribution in [0.4, 0.5) is 5.95 Å². The smallest absolute Gasteiger partial charge is 0.224 e. The van der Waals surface area contributed by atoms with Gasteiger partial charge in [-0.1, -0.05) is 11.6 Å². The van der Waals surface area contributed by atoms with Crippen LogP contribution in [-0.2, 0) is 4.74 Å². The second-order valence-electron chi connectivity index (χ2n) is 4.78. The lowest BCUT2D eigenvalue weighted by Crippen LogP contribution is -2.37. The number of hydrogen-bond acceptors (Lipinski definition) is 5. The van der Waals surface area contributed by atoms with Crippen LogP contribution < -0.4 is 5.32 Å². The maximum atomic E-state index is 6.04. The van der Waals surface area contributed by atoms with Gasteiger partial charge in [0.2, 0.25) is 5.95 Å². The van der Waals surface area contributed by atoms with Crippen molar-refractivity contribution in [2.24, 2.45) is 0 Å². The van der Waals surface area contributed by atoms with Crippen molar-refractivity contribution in [1.29, 1.82) is 0 Å². The Kier molecular flexibility index (Phi) is 5.36. The Hall–Kier alpha value is -0.910. The van der Waals surface area contributed by atoms with Crippen molar-refractivity contribution >= 4 is 17.5 Å². The van der Waals surface area contributed by atoms with Crippen molar-refractivity contribution in [3.05, 3.63) is 16.4 Å². The van der Waals surface area contributed by atoms with Gasteiger partial charge in [-0.25, -0.2) is 9.97 Å². The van der Waals surface area contributed by atoms with Gasteiger partial charge in [0.15, 0.2) is 0 Å². The molecule has 0 saturated carbocycles. The van der Waals surface area contributed by atoms with Crippen molar-refractivity contribution in [1.82, 2.24) is 14.9 Å². The zero-order valence-electron chi connectivity index (χ0n) is 11.6. The van der Waals surface area contributed by atoms with Crippen LogP contribution in [-0.4, -0.2) is 54.3 Å². The minimum Gasteiger partial charge on any atom is -0.379 e. The van der Waals surface area contributed by atoms with Crippen LogP contribution in [0.25, 0.3) is 0 Å². The Labute approximate surface area is 119 Å². The highest BCUT2D eigenvalue weighted by atomic mass is 35.5. The van der Waals surface area contributed by atoms with E-state index < -0.39 is 0 Å². The molecule has 0 amide bonds. The Bertz CT molecular complexity index is 398. The highest BCUT2D eigenvalue weighted by molar-refractivity contribution is 6.30. The molecule has 0 aromatic carbocycles. The molecule has 19 heavy (non-hydrogen) atoms. The molecule has 2 heterocycles. The summed E-state index contributed by atoms with van der Waals surface area (Å²) in [7, 11) is 0. The monoisotopic (exact) mass is 284 g/mol. The third kappa shape index (κ3) is 4.30. The lowest BCUT2D eigenvalue weighted by atomic mass is 10.3. The first-order chi connectivity index (χ1) is 9.16. The van der Waals surface area contributed by atoms with E-state index >= 15 is 0 Å². The zero-order valence-corrected chi connectivity index (χ0v) is 12.3. The lowest BCUT2D eigenvalue weighted by Gasteiger charge is -2.26. The number of nitrogens with zero attached hydrogens (tertiary/aromatic N) is 3. The van der Waals surface area contributed by atoms with Crippen molar-refractivity contribution in [2.45, 2.75) is 20.3 Å². The second kappa shape index (κ2) is 7.03. The van der Waals surface area contributed by atoms with Gasteiger partial charge in [0.25, 0.3) is 0 Å². The third-order valence-corrected chi connectivity index (χ3v) is 3.74. The fraction of sp³-hybridized carbons (Fsp3) is 0.692. The van der Waals surface area contributed by atoms with Crippen molar-refractivity contribution < 1.29 is 4.74 Å². The normalized spacial score (nSPS) is 16.6. The first kappa shape index (κ1) is 14.5. The minimum atomic E-state index is 0.531. The van der Waals surface area contributed by atoms with E-state index in [0.717, 1.165) is 57.1 Å². The van der Waals surface area contributed by atoms with Crippen molar-refractivity contribution in [2.75, 3.05) is 44.7 Å². The number of morpholine rings is 1. The molecule has 6 heteroatoms. The molecule has 1 aromatic heterocycles. The molecule has 2 rings (SSSR count). The highest BCUT2D eigenvalue weighted by Gasteiger charge is 2.09. The molecule has 0 spiro atoms. The molecule has 1 saturated heterocycles. The number of ether oxygens (including phenoxy) is 1. The quantitative estimate of drug-likeness (QED) is 0.661. The molecular weight excluding hydrogens is 264 g/mol. The molecule has 1 aliphatic heterocycles. The number of hydrogen-bond donors (Lipinski definition) is 1. The van der Waals surface area contributed by atoms with Gasteiger partial charge in [-0.15, -0.1) is 0 Å². The van der Waals surface area contributed by atoms with Gasteiger partial charge in [-0.05, 0) is 26.8 Å². The summed E-state index contributed by atoms with van der Waals surface area (Å²) in [4.78, 5) is 11.0. The van der Waals surface area contributed by atoms with Gasteiger partial charge in [0.05, 0.1) is 13.2 Å². The molecule has 5 nitrogen and oxygen atoms in total. The van der Waals surface area contributed by atoms with Crippen LogP contribution in [0.2, 0.25) is 5.15 Å². The summed E-state index contributed by atoms with van der Waals surface area (Å²) in [5, 5.41) is 3.76. The lowest BCUT2D eigenvalue weighted by molar-refractivity contribution is 0.0378. The topological polar surface area (TPSA) is 50.3 Å². The highest BCUT2D eigenvalue weighted by Crippen LogP contribution is 2.16. The van der Waals surface area contributed by atoms with Crippen LogP contribution >= 0.6 is 11.6 Å². The molecule has 1 fully saturated rings. The summed E-state index contributed by atoms with van der Waals surface area (Å²) in [5.41, 5.74) is 1.87. The fourth-order valence-electron chi connectivity index (χ4n) is 2.00. The first-order valence-electron chi connectivity index (χ1n) is 6.71. The standard InChI is InChI=1S/C13H21ClN4O/c1-10-11(2)16-13(17-12(10)14)15-4-3-5-18-6-8-19-9-7-18/h3-9H2,1-2H3,(H,15,16,17). The van der Waals surface area contributed by atoms with Gasteiger partial charge < -0.3 is 10.1 Å². The van der Waals surface area contributed by atoms with E-state index in [1.807, 2.05) is 13.8 Å². The van der Waals surface area contributed by atoms with Crippen LogP contribution in [0, 0.1) is 13.8 Å². The summed E-state index contributed by atoms with van der Waals surface area (Å²) >= 11 is 6.04. The van der Waals surface area contributed by atoms with Crippen LogP contribution in [0.3, 0.4) is 0 Å². The average Bonchev–Trinajstić information content (AvgIpc) is 2.42. The van der Waals surface area contributed by atoms with Crippen molar-refractivity contribution in [3.63, 3.8) is 0 Å². The van der Waals surface area contributed by atoms with Crippen LogP contribution in [0.15, 0.2) is 0 Å². The predicted octanol–water partition coefficient (Wildman–Crippen LogP) is 1.88. The number of rotatable bonds is 5. The summed E-state index contributed by atoms with van der Waals surface area (Å²) < 4.78 is 5.32. The molecule has 0 aliphatic carbocycles. The average molecular weight is 285 g/mol. The molecule has 106 valence electrons. The SMILES string of the molecule is Cc1nc(NCCCN2CCOCC2)nc(Cl)c1C. The maximum Gasteiger partial charge on any atom is 0.224 e. The Morgan fingerprint density at radius 3 is 2.68 bits per heavy atom. The number of halogens is 1. The van der Waals surface area contributed by atoms with Gasteiger partial charge in [-0.3, -0.25) is 4.90 Å². The van der Waals surface area contributed by atoms with Crippen molar-refractivity contribution in [3.8, 4) is 0 Å². The van der Waals surface area contributed by atoms with E-state index in [9.17, 15) is 0 Å². The van der Waals surface area contributed by atoms with Crippen LogP contribution in [0.5, 0.6) is 0 Å². The molecular formula is C13H21ClN4O. The summed E-state index contributed by atoms with van der Waals surface area (Å²) in [6.45, 7) is 9.58. The van der Waals surface area contributed by atoms with Gasteiger partial charge in [0.1, 0.15) is 5.15 Å². The van der Waals surface area contributed by atoms with E-state index in [0.29, 0.717) is 11.1 Å². The first-order valence-corrected chi connectivity index (χ1v) is 7.09. The number of aromatic nitrogens is 2. The van der Waals surface area contributed by atoms with Gasteiger partial charge >= 0.3 is 0 Å². The summed E-state index contributed by atoms with van der Waals surface area (Å²) in [6, 6.07) is 0. The van der Waals surface area contributed by atoms with E-state index in [-0.39, 0.29) is 0 Å². The largest absolute Gasteiger partial charge is 0.379 e.